The maximum atomic E-state index is 13.9. The number of ether oxygens (including phenoxy) is 2. The molecule has 28 heavy (non-hydrogen) atoms. The normalized spacial score (nSPS) is 31.0. The van der Waals surface area contributed by atoms with Crippen LogP contribution in [0.5, 0.6) is 5.75 Å². The minimum atomic E-state index is -0.852. The summed E-state index contributed by atoms with van der Waals surface area (Å²) in [7, 11) is 0. The molecule has 0 aliphatic heterocycles. The van der Waals surface area contributed by atoms with Crippen LogP contribution in [0, 0.1) is 42.2 Å². The number of hydrogen-bond acceptors (Lipinski definition) is 2. The van der Waals surface area contributed by atoms with Crippen LogP contribution in [-0.4, -0.2) is 19.3 Å². The Morgan fingerprint density at radius 1 is 0.750 bits per heavy atom. The molecular formula is C24H34F2O2. The Labute approximate surface area is 168 Å². The van der Waals surface area contributed by atoms with E-state index < -0.39 is 11.6 Å². The highest BCUT2D eigenvalue weighted by atomic mass is 19.2. The summed E-state index contributed by atoms with van der Waals surface area (Å²) in [6, 6.07) is 3.12. The van der Waals surface area contributed by atoms with Crippen molar-refractivity contribution in [2.24, 2.45) is 23.7 Å². The van der Waals surface area contributed by atoms with Gasteiger partial charge >= 0.3 is 0 Å². The molecule has 1 aromatic rings. The molecule has 4 heteroatoms. The number of rotatable bonds is 7. The second-order valence-electron chi connectivity index (χ2n) is 9.41. The lowest BCUT2D eigenvalue weighted by molar-refractivity contribution is 0.00143. The minimum absolute atomic E-state index is 0.0507. The first kappa shape index (κ1) is 20.1. The van der Waals surface area contributed by atoms with Crippen LogP contribution in [0.4, 0.5) is 8.78 Å². The van der Waals surface area contributed by atoms with E-state index in [1.807, 2.05) is 0 Å². The average Bonchev–Trinajstić information content (AvgIpc) is 3.55. The summed E-state index contributed by atoms with van der Waals surface area (Å²) >= 11 is 0. The third-order valence-electron chi connectivity index (χ3n) is 7.26. The van der Waals surface area contributed by atoms with Crippen LogP contribution in [0.15, 0.2) is 12.1 Å². The van der Waals surface area contributed by atoms with Gasteiger partial charge in [0.05, 0.1) is 12.7 Å². The highest BCUT2D eigenvalue weighted by molar-refractivity contribution is 5.30. The van der Waals surface area contributed by atoms with Gasteiger partial charge in [0.25, 0.3) is 0 Å². The molecule has 0 aromatic heterocycles. The second-order valence-corrected chi connectivity index (χ2v) is 9.41. The van der Waals surface area contributed by atoms with E-state index >= 15 is 0 Å². The lowest BCUT2D eigenvalue weighted by Gasteiger charge is -2.37. The SMILES string of the molecule is Cc1ccc(OCC2CCC(C3CCC(OCC4CC4)CC3)CC2)c(F)c1F. The third kappa shape index (κ3) is 5.06. The lowest BCUT2D eigenvalue weighted by Crippen LogP contribution is -2.30. The fourth-order valence-corrected chi connectivity index (χ4v) is 5.06. The first-order chi connectivity index (χ1) is 13.6. The molecule has 3 fully saturated rings. The molecule has 0 saturated heterocycles. The molecule has 3 aliphatic carbocycles. The Morgan fingerprint density at radius 2 is 1.32 bits per heavy atom. The summed E-state index contributed by atoms with van der Waals surface area (Å²) in [5, 5.41) is 0. The van der Waals surface area contributed by atoms with Crippen LogP contribution in [0.25, 0.3) is 0 Å². The summed E-state index contributed by atoms with van der Waals surface area (Å²) in [4.78, 5) is 0. The molecule has 2 nitrogen and oxygen atoms in total. The first-order valence-electron chi connectivity index (χ1n) is 11.3. The van der Waals surface area contributed by atoms with Gasteiger partial charge in [-0.2, -0.15) is 4.39 Å². The zero-order valence-corrected chi connectivity index (χ0v) is 17.1. The topological polar surface area (TPSA) is 18.5 Å². The molecule has 0 amide bonds. The van der Waals surface area contributed by atoms with E-state index in [1.165, 1.54) is 51.4 Å². The monoisotopic (exact) mass is 392 g/mol. The van der Waals surface area contributed by atoms with E-state index in [1.54, 1.807) is 19.1 Å². The van der Waals surface area contributed by atoms with Crippen LogP contribution in [0.1, 0.15) is 69.8 Å². The second kappa shape index (κ2) is 9.11. The van der Waals surface area contributed by atoms with Crippen molar-refractivity contribution >= 4 is 0 Å². The Bertz CT molecular complexity index is 642. The van der Waals surface area contributed by atoms with Gasteiger partial charge in [-0.1, -0.05) is 6.07 Å². The van der Waals surface area contributed by atoms with Crippen LogP contribution < -0.4 is 4.74 Å². The van der Waals surface area contributed by atoms with Crippen LogP contribution in [0.2, 0.25) is 0 Å². The molecule has 4 rings (SSSR count). The van der Waals surface area contributed by atoms with Crippen molar-refractivity contribution < 1.29 is 18.3 Å². The standard InChI is InChI=1S/C24H34F2O2/c1-16-2-13-22(24(26)23(16)25)28-15-18-5-7-19(8-6-18)20-9-11-21(12-10-20)27-14-17-3-4-17/h2,13,17-21H,3-12,14-15H2,1H3. The molecule has 156 valence electrons. The van der Waals surface area contributed by atoms with Crippen LogP contribution >= 0.6 is 0 Å². The predicted molar refractivity (Wildman–Crippen MR) is 106 cm³/mol. The fraction of sp³-hybridized carbons (Fsp3) is 0.750. The van der Waals surface area contributed by atoms with Gasteiger partial charge in [0.1, 0.15) is 0 Å². The van der Waals surface area contributed by atoms with Crippen molar-refractivity contribution in [3.63, 3.8) is 0 Å². The van der Waals surface area contributed by atoms with Gasteiger partial charge in [0, 0.05) is 6.61 Å². The molecule has 0 heterocycles. The Morgan fingerprint density at radius 3 is 1.96 bits per heavy atom. The highest BCUT2D eigenvalue weighted by Crippen LogP contribution is 2.41. The molecule has 0 N–H and O–H groups in total. The number of aryl methyl sites for hydroxylation is 1. The Kier molecular flexibility index (Phi) is 6.55. The smallest absolute Gasteiger partial charge is 0.200 e. The van der Waals surface area contributed by atoms with Gasteiger partial charge in [0.15, 0.2) is 11.6 Å². The Balaban J connectivity index is 1.16. The van der Waals surface area contributed by atoms with Gasteiger partial charge < -0.3 is 9.47 Å². The molecule has 0 radical (unpaired) electrons. The molecule has 3 aliphatic rings. The average molecular weight is 393 g/mol. The van der Waals surface area contributed by atoms with Crippen molar-refractivity contribution in [1.82, 2.24) is 0 Å². The maximum Gasteiger partial charge on any atom is 0.200 e. The molecule has 3 saturated carbocycles. The zero-order chi connectivity index (χ0) is 19.5. The summed E-state index contributed by atoms with van der Waals surface area (Å²) in [6.45, 7) is 3.05. The quantitative estimate of drug-likeness (QED) is 0.531. The van der Waals surface area contributed by atoms with Gasteiger partial charge in [0.2, 0.25) is 5.82 Å². The van der Waals surface area contributed by atoms with Gasteiger partial charge in [-0.25, -0.2) is 4.39 Å². The van der Waals surface area contributed by atoms with Gasteiger partial charge in [-0.05, 0) is 106 Å². The van der Waals surface area contributed by atoms with E-state index in [-0.39, 0.29) is 5.75 Å². The molecule has 0 atom stereocenters. The van der Waals surface area contributed by atoms with Crippen molar-refractivity contribution in [3.8, 4) is 5.75 Å². The number of halogens is 2. The van der Waals surface area contributed by atoms with Crippen molar-refractivity contribution in [2.75, 3.05) is 13.2 Å². The van der Waals surface area contributed by atoms with Gasteiger partial charge in [-0.15, -0.1) is 0 Å². The number of hydrogen-bond donors (Lipinski definition) is 0. The molecule has 0 unspecified atom stereocenters. The van der Waals surface area contributed by atoms with E-state index in [0.29, 0.717) is 24.2 Å². The molecule has 1 aromatic carbocycles. The lowest BCUT2D eigenvalue weighted by atomic mass is 9.71. The molecule has 0 bridgehead atoms. The van der Waals surface area contributed by atoms with E-state index in [4.69, 9.17) is 9.47 Å². The number of benzene rings is 1. The van der Waals surface area contributed by atoms with Crippen molar-refractivity contribution in [1.29, 1.82) is 0 Å². The predicted octanol–water partition coefficient (Wildman–Crippen LogP) is 6.44. The van der Waals surface area contributed by atoms with Crippen LogP contribution in [0.3, 0.4) is 0 Å². The first-order valence-corrected chi connectivity index (χ1v) is 11.3. The largest absolute Gasteiger partial charge is 0.490 e. The minimum Gasteiger partial charge on any atom is -0.490 e. The zero-order valence-electron chi connectivity index (χ0n) is 17.1. The summed E-state index contributed by atoms with van der Waals surface area (Å²) < 4.78 is 39.3. The molecule has 0 spiro atoms. The molecular weight excluding hydrogens is 358 g/mol. The van der Waals surface area contributed by atoms with Crippen LogP contribution in [-0.2, 0) is 4.74 Å². The Hall–Kier alpha value is -1.16. The van der Waals surface area contributed by atoms with Crippen molar-refractivity contribution in [2.45, 2.75) is 77.2 Å². The van der Waals surface area contributed by atoms with E-state index in [9.17, 15) is 8.78 Å². The summed E-state index contributed by atoms with van der Waals surface area (Å²) in [6.07, 6.45) is 13.1. The van der Waals surface area contributed by atoms with E-state index in [0.717, 1.165) is 37.2 Å². The summed E-state index contributed by atoms with van der Waals surface area (Å²) in [5.41, 5.74) is 0.318. The summed E-state index contributed by atoms with van der Waals surface area (Å²) in [5.74, 6) is 1.40. The van der Waals surface area contributed by atoms with Crippen molar-refractivity contribution in [3.05, 3.63) is 29.3 Å². The fourth-order valence-electron chi connectivity index (χ4n) is 5.06. The highest BCUT2D eigenvalue weighted by Gasteiger charge is 2.32. The van der Waals surface area contributed by atoms with E-state index in [2.05, 4.69) is 0 Å². The van der Waals surface area contributed by atoms with Gasteiger partial charge in [-0.3, -0.25) is 0 Å². The third-order valence-corrected chi connectivity index (χ3v) is 7.26. The maximum absolute atomic E-state index is 13.9.